The average Bonchev–Trinajstić information content (AvgIpc) is 2.20. The van der Waals surface area contributed by atoms with Gasteiger partial charge in [-0.05, 0) is 18.4 Å². The van der Waals surface area contributed by atoms with Gasteiger partial charge in [-0.1, -0.05) is 0 Å². The van der Waals surface area contributed by atoms with Gasteiger partial charge in [0.05, 0.1) is 6.42 Å². The summed E-state index contributed by atoms with van der Waals surface area (Å²) in [5.41, 5.74) is 0. The van der Waals surface area contributed by atoms with E-state index in [2.05, 4.69) is 5.32 Å². The summed E-state index contributed by atoms with van der Waals surface area (Å²) in [6.07, 6.45) is 1.68. The van der Waals surface area contributed by atoms with Crippen molar-refractivity contribution >= 4 is 88.7 Å². The molecule has 1 unspecified atom stereocenters. The van der Waals surface area contributed by atoms with Crippen molar-refractivity contribution < 1.29 is 24.6 Å². The van der Waals surface area contributed by atoms with Gasteiger partial charge in [0.2, 0.25) is 5.91 Å². The first kappa shape index (κ1) is 23.8. The van der Waals surface area contributed by atoms with Crippen molar-refractivity contribution in [1.29, 1.82) is 0 Å². The Morgan fingerprint density at radius 2 is 1.72 bits per heavy atom. The molecule has 3 N–H and O–H groups in total. The number of amides is 1. The van der Waals surface area contributed by atoms with E-state index >= 15 is 0 Å². The van der Waals surface area contributed by atoms with Gasteiger partial charge in [-0.25, -0.2) is 4.79 Å². The van der Waals surface area contributed by atoms with Crippen molar-refractivity contribution in [3.05, 3.63) is 0 Å². The zero-order valence-electron chi connectivity index (χ0n) is 10.9. The van der Waals surface area contributed by atoms with Gasteiger partial charge in [-0.3, -0.25) is 9.59 Å². The van der Waals surface area contributed by atoms with E-state index in [1.807, 2.05) is 6.26 Å². The Kier molecular flexibility index (Phi) is 18.8. The van der Waals surface area contributed by atoms with Crippen LogP contribution in [0.15, 0.2) is 0 Å². The first-order valence-corrected chi connectivity index (χ1v) is 6.09. The molecule has 0 heterocycles. The third-order valence-corrected chi connectivity index (χ3v) is 2.45. The van der Waals surface area contributed by atoms with Gasteiger partial charge >= 0.3 is 11.9 Å². The summed E-state index contributed by atoms with van der Waals surface area (Å²) in [5.74, 6) is -2.10. The first-order chi connectivity index (χ1) is 7.47. The van der Waals surface area contributed by atoms with Gasteiger partial charge in [0.15, 0.2) is 0 Å². The van der Waals surface area contributed by atoms with Crippen molar-refractivity contribution in [3.8, 4) is 0 Å². The van der Waals surface area contributed by atoms with Gasteiger partial charge < -0.3 is 15.5 Å². The maximum absolute atomic E-state index is 11.2. The summed E-state index contributed by atoms with van der Waals surface area (Å²) >= 11 is 1.48. The number of aliphatic carboxylic acids is 2. The van der Waals surface area contributed by atoms with E-state index in [1.54, 1.807) is 0 Å². The Morgan fingerprint density at radius 3 is 2.11 bits per heavy atom. The second kappa shape index (κ2) is 14.2. The fourth-order valence-corrected chi connectivity index (χ4v) is 1.45. The smallest absolute Gasteiger partial charge is 0.326 e. The van der Waals surface area contributed by atoms with E-state index < -0.39 is 23.9 Å². The van der Waals surface area contributed by atoms with Crippen LogP contribution in [0, 0.1) is 0 Å². The van der Waals surface area contributed by atoms with Crippen molar-refractivity contribution in [2.24, 2.45) is 0 Å². The minimum atomic E-state index is -1.10. The molecule has 94 valence electrons. The number of rotatable bonds is 8. The summed E-state index contributed by atoms with van der Waals surface area (Å²) in [4.78, 5) is 32.1. The third-order valence-electron chi connectivity index (χ3n) is 1.81. The van der Waals surface area contributed by atoms with Crippen LogP contribution < -0.4 is 5.32 Å². The number of carbonyl (C=O) groups is 3. The molecule has 0 spiro atoms. The summed E-state index contributed by atoms with van der Waals surface area (Å²) in [5, 5.41) is 19.4. The fourth-order valence-electron chi connectivity index (χ4n) is 0.980. The van der Waals surface area contributed by atoms with E-state index in [0.29, 0.717) is 12.2 Å². The predicted molar refractivity (Wildman–Crippen MR) is 70.9 cm³/mol. The molecule has 2 radical (unpaired) electrons. The van der Waals surface area contributed by atoms with Crippen LogP contribution in [0.1, 0.15) is 19.3 Å². The van der Waals surface area contributed by atoms with E-state index in [0.717, 1.165) is 0 Å². The summed E-state index contributed by atoms with van der Waals surface area (Å²) in [6, 6.07) is -0.936. The van der Waals surface area contributed by atoms with Crippen molar-refractivity contribution in [2.45, 2.75) is 25.3 Å². The Morgan fingerprint density at radius 1 is 1.17 bits per heavy atom. The minimum Gasteiger partial charge on any atom is -0.481 e. The average molecular weight is 295 g/mol. The molecule has 0 fully saturated rings. The number of carboxylic acid groups (broad SMARTS) is 2. The molecule has 0 aliphatic rings. The Labute approximate surface area is 154 Å². The molecular formula is C9H15NNa2O5S. The number of thioether (sulfide) groups is 1. The number of hydrogen-bond acceptors (Lipinski definition) is 4. The number of carboxylic acids is 2. The monoisotopic (exact) mass is 295 g/mol. The summed E-state index contributed by atoms with van der Waals surface area (Å²) < 4.78 is 0. The molecule has 6 nitrogen and oxygen atoms in total. The molecule has 0 aromatic carbocycles. The number of hydrogen-bond donors (Lipinski definition) is 3. The summed E-state index contributed by atoms with van der Waals surface area (Å²) in [6.45, 7) is 0. The van der Waals surface area contributed by atoms with Gasteiger partial charge in [0.25, 0.3) is 0 Å². The molecule has 1 atom stereocenters. The topological polar surface area (TPSA) is 104 Å². The molecule has 0 aromatic heterocycles. The molecule has 0 rings (SSSR count). The van der Waals surface area contributed by atoms with Crippen LogP contribution in [-0.4, -0.2) is 105 Å². The maximum Gasteiger partial charge on any atom is 0.326 e. The minimum absolute atomic E-state index is 0. The normalized spacial score (nSPS) is 10.5. The van der Waals surface area contributed by atoms with Gasteiger partial charge in [0, 0.05) is 65.5 Å². The third kappa shape index (κ3) is 13.2. The zero-order valence-corrected chi connectivity index (χ0v) is 15.7. The predicted octanol–water partition coefficient (Wildman–Crippen LogP) is -0.588. The van der Waals surface area contributed by atoms with Crippen LogP contribution in [0.4, 0.5) is 0 Å². The molecule has 0 saturated heterocycles. The fraction of sp³-hybridized carbons (Fsp3) is 0.667. The maximum atomic E-state index is 11.2. The van der Waals surface area contributed by atoms with E-state index in [1.165, 1.54) is 11.8 Å². The van der Waals surface area contributed by atoms with Gasteiger partial charge in [-0.15, -0.1) is 0 Å². The van der Waals surface area contributed by atoms with Crippen LogP contribution in [0.2, 0.25) is 0 Å². The molecule has 1 amide bonds. The van der Waals surface area contributed by atoms with Gasteiger partial charge in [0.1, 0.15) is 6.04 Å². The first-order valence-electron chi connectivity index (χ1n) is 4.70. The molecule has 18 heavy (non-hydrogen) atoms. The number of nitrogens with one attached hydrogen (secondary N) is 1. The molecule has 0 aliphatic carbocycles. The van der Waals surface area contributed by atoms with Crippen LogP contribution >= 0.6 is 11.8 Å². The van der Waals surface area contributed by atoms with Crippen LogP contribution in [0.25, 0.3) is 0 Å². The molecule has 0 aliphatic heterocycles. The Hall–Kier alpha value is 0.760. The number of carbonyl (C=O) groups excluding carboxylic acids is 1. The Balaban J connectivity index is -0.00000112. The molecule has 0 saturated carbocycles. The second-order valence-electron chi connectivity index (χ2n) is 3.13. The summed E-state index contributed by atoms with van der Waals surface area (Å²) in [7, 11) is 0. The zero-order chi connectivity index (χ0) is 12.6. The molecule has 0 bridgehead atoms. The van der Waals surface area contributed by atoms with Crippen LogP contribution in [-0.2, 0) is 14.4 Å². The van der Waals surface area contributed by atoms with Crippen molar-refractivity contribution in [2.75, 3.05) is 12.0 Å². The van der Waals surface area contributed by atoms with Crippen LogP contribution in [0.3, 0.4) is 0 Å². The largest absolute Gasteiger partial charge is 0.481 e. The van der Waals surface area contributed by atoms with E-state index in [-0.39, 0.29) is 72.0 Å². The van der Waals surface area contributed by atoms with Crippen molar-refractivity contribution in [3.63, 3.8) is 0 Å². The second-order valence-corrected chi connectivity index (χ2v) is 4.12. The van der Waals surface area contributed by atoms with Gasteiger partial charge in [-0.2, -0.15) is 11.8 Å². The van der Waals surface area contributed by atoms with Crippen LogP contribution in [0.5, 0.6) is 0 Å². The van der Waals surface area contributed by atoms with E-state index in [4.69, 9.17) is 10.2 Å². The Bertz CT molecular complexity index is 278. The molecule has 9 heteroatoms. The standard InChI is InChI=1S/C9H15NO5S.2Na/c1-16-5-4-6(9(14)15)10-7(11)2-3-8(12)13;;/h6H,2-5H2,1H3,(H,10,11)(H,12,13)(H,14,15);;. The molecule has 0 aromatic rings. The molecular weight excluding hydrogens is 280 g/mol. The van der Waals surface area contributed by atoms with E-state index in [9.17, 15) is 14.4 Å². The van der Waals surface area contributed by atoms with Crippen molar-refractivity contribution in [1.82, 2.24) is 5.32 Å². The SMILES string of the molecule is CSCCC(NC(=O)CCC(=O)O)C(=O)O.[Na].[Na]. The quantitative estimate of drug-likeness (QED) is 0.517.